The van der Waals surface area contributed by atoms with Crippen LogP contribution in [0, 0.1) is 6.92 Å². The van der Waals surface area contributed by atoms with E-state index in [0.29, 0.717) is 6.54 Å². The Kier molecular flexibility index (Phi) is 2.06. The lowest BCUT2D eigenvalue weighted by Crippen LogP contribution is -2.28. The van der Waals surface area contributed by atoms with Crippen LogP contribution in [0.2, 0.25) is 0 Å². The van der Waals surface area contributed by atoms with Gasteiger partial charge >= 0.3 is 0 Å². The molecule has 2 rings (SSSR count). The van der Waals surface area contributed by atoms with Crippen LogP contribution in [-0.2, 0) is 5.60 Å². The van der Waals surface area contributed by atoms with Gasteiger partial charge in [-0.3, -0.25) is 4.98 Å². The number of nitrogens with zero attached hydrogens (tertiary/aromatic N) is 1. The van der Waals surface area contributed by atoms with E-state index >= 15 is 0 Å². The number of β-amino-alcohol motifs (C(OH)–C–C–N with tert-alkyl or cyclic N) is 1. The lowest BCUT2D eigenvalue weighted by atomic mass is 9.94. The van der Waals surface area contributed by atoms with Gasteiger partial charge in [-0.2, -0.15) is 0 Å². The van der Waals surface area contributed by atoms with Gasteiger partial charge in [-0.15, -0.1) is 0 Å². The van der Waals surface area contributed by atoms with Crippen LogP contribution >= 0.6 is 0 Å². The largest absolute Gasteiger partial charge is 0.384 e. The van der Waals surface area contributed by atoms with E-state index < -0.39 is 5.60 Å². The van der Waals surface area contributed by atoms with Crippen LogP contribution in [0.5, 0.6) is 0 Å². The van der Waals surface area contributed by atoms with Crippen LogP contribution in [0.1, 0.15) is 17.7 Å². The Morgan fingerprint density at radius 1 is 1.54 bits per heavy atom. The number of aryl methyl sites for hydroxylation is 1. The fourth-order valence-electron chi connectivity index (χ4n) is 1.67. The van der Waals surface area contributed by atoms with E-state index in [9.17, 15) is 5.11 Å². The first kappa shape index (κ1) is 8.66. The second-order valence-electron chi connectivity index (χ2n) is 3.65. The molecule has 1 aromatic rings. The lowest BCUT2D eigenvalue weighted by Gasteiger charge is -2.21. The van der Waals surface area contributed by atoms with Crippen molar-refractivity contribution < 1.29 is 5.11 Å². The molecule has 13 heavy (non-hydrogen) atoms. The summed E-state index contributed by atoms with van der Waals surface area (Å²) in [6.07, 6.45) is 2.54. The first-order valence-corrected chi connectivity index (χ1v) is 4.57. The molecule has 0 aliphatic carbocycles. The highest BCUT2D eigenvalue weighted by Gasteiger charge is 2.32. The molecule has 1 aliphatic heterocycles. The second kappa shape index (κ2) is 3.09. The quantitative estimate of drug-likeness (QED) is 0.661. The Balaban J connectivity index is 2.29. The third-order valence-electron chi connectivity index (χ3n) is 2.58. The van der Waals surface area contributed by atoms with Crippen molar-refractivity contribution in [3.63, 3.8) is 0 Å². The molecule has 1 aromatic heterocycles. The smallest absolute Gasteiger partial charge is 0.105 e. The molecule has 0 bridgehead atoms. The summed E-state index contributed by atoms with van der Waals surface area (Å²) in [5, 5.41) is 13.3. The zero-order valence-electron chi connectivity index (χ0n) is 7.75. The van der Waals surface area contributed by atoms with Gasteiger partial charge in [0.1, 0.15) is 5.60 Å². The predicted octanol–water partition coefficient (Wildman–Crippen LogP) is 0.571. The van der Waals surface area contributed by atoms with Crippen molar-refractivity contribution in [3.8, 4) is 0 Å². The Morgan fingerprint density at radius 2 is 2.38 bits per heavy atom. The fourth-order valence-corrected chi connectivity index (χ4v) is 1.67. The van der Waals surface area contributed by atoms with E-state index in [2.05, 4.69) is 10.3 Å². The van der Waals surface area contributed by atoms with Crippen molar-refractivity contribution in [2.45, 2.75) is 18.9 Å². The van der Waals surface area contributed by atoms with Crippen molar-refractivity contribution in [2.24, 2.45) is 0 Å². The standard InChI is InChI=1S/C10H14N2O/c1-8-2-3-9(6-12-8)10(13)4-5-11-7-10/h2-3,6,11,13H,4-5,7H2,1H3. The van der Waals surface area contributed by atoms with E-state index in [1.807, 2.05) is 19.1 Å². The first-order chi connectivity index (χ1) is 6.21. The number of aliphatic hydroxyl groups is 1. The molecular formula is C10H14N2O. The number of hydrogen-bond acceptors (Lipinski definition) is 3. The van der Waals surface area contributed by atoms with E-state index in [0.717, 1.165) is 24.2 Å². The molecule has 1 atom stereocenters. The molecule has 3 heteroatoms. The molecule has 1 fully saturated rings. The van der Waals surface area contributed by atoms with Gasteiger partial charge < -0.3 is 10.4 Å². The summed E-state index contributed by atoms with van der Waals surface area (Å²) in [5.41, 5.74) is 1.21. The van der Waals surface area contributed by atoms with Gasteiger partial charge in [-0.05, 0) is 26.0 Å². The van der Waals surface area contributed by atoms with Crippen LogP contribution in [0.25, 0.3) is 0 Å². The van der Waals surface area contributed by atoms with E-state index in [4.69, 9.17) is 0 Å². The Morgan fingerprint density at radius 3 is 2.92 bits per heavy atom. The highest BCUT2D eigenvalue weighted by Crippen LogP contribution is 2.26. The monoisotopic (exact) mass is 178 g/mol. The van der Waals surface area contributed by atoms with Gasteiger partial charge in [0.25, 0.3) is 0 Å². The summed E-state index contributed by atoms with van der Waals surface area (Å²) in [6.45, 7) is 3.46. The van der Waals surface area contributed by atoms with E-state index in [-0.39, 0.29) is 0 Å². The summed E-state index contributed by atoms with van der Waals surface area (Å²) in [4.78, 5) is 4.18. The molecule has 0 radical (unpaired) electrons. The zero-order valence-corrected chi connectivity index (χ0v) is 7.75. The number of hydrogen-bond donors (Lipinski definition) is 2. The second-order valence-corrected chi connectivity index (χ2v) is 3.65. The third kappa shape index (κ3) is 1.57. The zero-order chi connectivity index (χ0) is 9.31. The minimum Gasteiger partial charge on any atom is -0.384 e. The van der Waals surface area contributed by atoms with Gasteiger partial charge in [0.05, 0.1) is 0 Å². The van der Waals surface area contributed by atoms with Crippen molar-refractivity contribution in [2.75, 3.05) is 13.1 Å². The Hall–Kier alpha value is -0.930. The first-order valence-electron chi connectivity index (χ1n) is 4.57. The van der Waals surface area contributed by atoms with Crippen LogP contribution in [-0.4, -0.2) is 23.2 Å². The molecule has 1 saturated heterocycles. The molecule has 0 spiro atoms. The summed E-state index contributed by atoms with van der Waals surface area (Å²) < 4.78 is 0. The maximum Gasteiger partial charge on any atom is 0.105 e. The number of rotatable bonds is 1. The van der Waals surface area contributed by atoms with Crippen molar-refractivity contribution in [1.82, 2.24) is 10.3 Å². The lowest BCUT2D eigenvalue weighted by molar-refractivity contribution is 0.0584. The molecule has 0 saturated carbocycles. The summed E-state index contributed by atoms with van der Waals surface area (Å²) in [7, 11) is 0. The highest BCUT2D eigenvalue weighted by atomic mass is 16.3. The van der Waals surface area contributed by atoms with Gasteiger partial charge in [0, 0.05) is 24.0 Å². The summed E-state index contributed by atoms with van der Waals surface area (Å²) >= 11 is 0. The molecule has 2 N–H and O–H groups in total. The normalized spacial score (nSPS) is 27.8. The van der Waals surface area contributed by atoms with Gasteiger partial charge in [0.2, 0.25) is 0 Å². The highest BCUT2D eigenvalue weighted by molar-refractivity contribution is 5.22. The van der Waals surface area contributed by atoms with E-state index in [1.54, 1.807) is 6.20 Å². The van der Waals surface area contributed by atoms with Crippen molar-refractivity contribution >= 4 is 0 Å². The fraction of sp³-hybridized carbons (Fsp3) is 0.500. The molecule has 3 nitrogen and oxygen atoms in total. The van der Waals surface area contributed by atoms with Crippen LogP contribution in [0.3, 0.4) is 0 Å². The Labute approximate surface area is 77.8 Å². The van der Waals surface area contributed by atoms with Gasteiger partial charge in [-0.1, -0.05) is 6.07 Å². The van der Waals surface area contributed by atoms with Crippen molar-refractivity contribution in [1.29, 1.82) is 0 Å². The SMILES string of the molecule is Cc1ccc(C2(O)CCNC2)cn1. The summed E-state index contributed by atoms with van der Waals surface area (Å²) in [6, 6.07) is 3.89. The van der Waals surface area contributed by atoms with Crippen LogP contribution < -0.4 is 5.32 Å². The average Bonchev–Trinajstić information content (AvgIpc) is 2.54. The maximum atomic E-state index is 10.2. The van der Waals surface area contributed by atoms with Crippen LogP contribution in [0.15, 0.2) is 18.3 Å². The summed E-state index contributed by atoms with van der Waals surface area (Å²) in [5.74, 6) is 0. The van der Waals surface area contributed by atoms with E-state index in [1.165, 1.54) is 0 Å². The molecule has 1 unspecified atom stereocenters. The topological polar surface area (TPSA) is 45.1 Å². The minimum atomic E-state index is -0.694. The molecule has 0 amide bonds. The molecule has 2 heterocycles. The van der Waals surface area contributed by atoms with Crippen LogP contribution in [0.4, 0.5) is 0 Å². The number of pyridine rings is 1. The molecule has 0 aromatic carbocycles. The van der Waals surface area contributed by atoms with Gasteiger partial charge in [-0.25, -0.2) is 0 Å². The Bertz CT molecular complexity index is 288. The predicted molar refractivity (Wildman–Crippen MR) is 50.4 cm³/mol. The number of nitrogens with one attached hydrogen (secondary N) is 1. The molecule has 1 aliphatic rings. The minimum absolute atomic E-state index is 0.637. The molecular weight excluding hydrogens is 164 g/mol. The van der Waals surface area contributed by atoms with Gasteiger partial charge in [0.15, 0.2) is 0 Å². The number of aromatic nitrogens is 1. The van der Waals surface area contributed by atoms with Crippen molar-refractivity contribution in [3.05, 3.63) is 29.6 Å². The molecule has 70 valence electrons. The third-order valence-corrected chi connectivity index (χ3v) is 2.58. The average molecular weight is 178 g/mol. The maximum absolute atomic E-state index is 10.2.